The highest BCUT2D eigenvalue weighted by atomic mass is 16.8. The summed E-state index contributed by atoms with van der Waals surface area (Å²) in [7, 11) is 0. The minimum atomic E-state index is -1.78. The van der Waals surface area contributed by atoms with Gasteiger partial charge in [0.05, 0.1) is 44.7 Å². The van der Waals surface area contributed by atoms with Crippen molar-refractivity contribution in [1.82, 2.24) is 0 Å². The van der Waals surface area contributed by atoms with E-state index in [1.54, 1.807) is 0 Å². The first kappa shape index (κ1) is 44.5. The summed E-state index contributed by atoms with van der Waals surface area (Å²) in [5.74, 6) is 0.556. The molecule has 1 spiro atoms. The lowest BCUT2D eigenvalue weighted by molar-refractivity contribution is -0.380. The summed E-state index contributed by atoms with van der Waals surface area (Å²) in [6.45, 7) is 10.4. The summed E-state index contributed by atoms with van der Waals surface area (Å²) < 4.78 is 30.6. The van der Waals surface area contributed by atoms with Crippen molar-refractivity contribution in [3.05, 3.63) is 0 Å². The van der Waals surface area contributed by atoms with Gasteiger partial charge in [0.15, 0.2) is 12.6 Å². The second-order valence-corrected chi connectivity index (χ2v) is 20.4. The minimum Gasteiger partial charge on any atom is -0.396 e. The zero-order valence-electron chi connectivity index (χ0n) is 34.4. The zero-order chi connectivity index (χ0) is 41.5. The summed E-state index contributed by atoms with van der Waals surface area (Å²) in [6, 6.07) is 0. The number of hydrogen-bond acceptors (Lipinski definition) is 15. The van der Waals surface area contributed by atoms with Crippen molar-refractivity contribution < 1.29 is 74.7 Å². The van der Waals surface area contributed by atoms with Gasteiger partial charge in [-0.15, -0.1) is 0 Å². The van der Waals surface area contributed by atoms with E-state index in [0.717, 1.165) is 57.8 Å². The van der Waals surface area contributed by atoms with Crippen LogP contribution in [0.25, 0.3) is 0 Å². The smallest absolute Gasteiger partial charge is 0.187 e. The van der Waals surface area contributed by atoms with Crippen molar-refractivity contribution in [2.24, 2.45) is 50.7 Å². The van der Waals surface area contributed by atoms with Gasteiger partial charge in [-0.1, -0.05) is 34.6 Å². The number of hydrogen-bond donors (Lipinski definition) is 10. The molecular formula is C42H72O15. The predicted octanol–water partition coefficient (Wildman–Crippen LogP) is 0.192. The summed E-state index contributed by atoms with van der Waals surface area (Å²) in [5, 5.41) is 107. The van der Waals surface area contributed by atoms with Crippen LogP contribution >= 0.6 is 0 Å². The molecule has 7 fully saturated rings. The molecule has 7 rings (SSSR count). The molecule has 3 aliphatic heterocycles. The van der Waals surface area contributed by atoms with E-state index in [0.29, 0.717) is 18.9 Å². The molecule has 3 heterocycles. The van der Waals surface area contributed by atoms with Crippen molar-refractivity contribution in [3.63, 3.8) is 0 Å². The van der Waals surface area contributed by atoms with E-state index in [4.69, 9.17) is 23.7 Å². The van der Waals surface area contributed by atoms with E-state index >= 15 is 0 Å². The Hall–Kier alpha value is -0.600. The maximum atomic E-state index is 12.3. The molecular weight excluding hydrogens is 744 g/mol. The van der Waals surface area contributed by atoms with E-state index in [-0.39, 0.29) is 58.7 Å². The molecule has 0 aromatic heterocycles. The maximum Gasteiger partial charge on any atom is 0.187 e. The van der Waals surface area contributed by atoms with Crippen LogP contribution in [0.2, 0.25) is 0 Å². The molecule has 4 saturated carbocycles. The van der Waals surface area contributed by atoms with Gasteiger partial charge in [-0.3, -0.25) is 0 Å². The van der Waals surface area contributed by atoms with Gasteiger partial charge in [0.25, 0.3) is 0 Å². The first-order valence-electron chi connectivity index (χ1n) is 21.6. The Labute approximate surface area is 336 Å². The average molecular weight is 817 g/mol. The molecule has 0 bridgehead atoms. The van der Waals surface area contributed by atoms with Gasteiger partial charge in [0, 0.05) is 23.4 Å². The number of aliphatic hydroxyl groups is 10. The number of fused-ring (bicyclic) bond motifs is 5. The van der Waals surface area contributed by atoms with Crippen LogP contribution < -0.4 is 0 Å². The zero-order valence-corrected chi connectivity index (χ0v) is 34.4. The van der Waals surface area contributed by atoms with Crippen molar-refractivity contribution in [3.8, 4) is 0 Å². The highest BCUT2D eigenvalue weighted by Gasteiger charge is 2.70. The third kappa shape index (κ3) is 6.89. The van der Waals surface area contributed by atoms with Gasteiger partial charge in [0.1, 0.15) is 48.8 Å². The topological polar surface area (TPSA) is 248 Å². The highest BCUT2D eigenvalue weighted by Crippen LogP contribution is 2.75. The van der Waals surface area contributed by atoms with E-state index in [9.17, 15) is 51.1 Å². The van der Waals surface area contributed by atoms with Crippen LogP contribution in [0.3, 0.4) is 0 Å². The molecule has 15 nitrogen and oxygen atoms in total. The van der Waals surface area contributed by atoms with Crippen LogP contribution in [0, 0.1) is 50.7 Å². The fraction of sp³-hybridized carbons (Fsp3) is 1.00. The summed E-state index contributed by atoms with van der Waals surface area (Å²) in [6.07, 6.45) is -8.02. The minimum absolute atomic E-state index is 0.0165. The number of ether oxygens (including phenoxy) is 5. The number of rotatable bonds is 9. The van der Waals surface area contributed by atoms with E-state index in [1.165, 1.54) is 0 Å². The molecule has 0 radical (unpaired) electrons. The van der Waals surface area contributed by atoms with Crippen LogP contribution in [-0.4, -0.2) is 164 Å². The Morgan fingerprint density at radius 3 is 1.91 bits per heavy atom. The van der Waals surface area contributed by atoms with Crippen molar-refractivity contribution in [2.45, 2.75) is 179 Å². The lowest BCUT2D eigenvalue weighted by Gasteiger charge is -2.73. The monoisotopic (exact) mass is 816 g/mol. The van der Waals surface area contributed by atoms with E-state index in [1.807, 2.05) is 13.8 Å². The molecule has 0 aromatic carbocycles. The Morgan fingerprint density at radius 2 is 1.30 bits per heavy atom. The van der Waals surface area contributed by atoms with Gasteiger partial charge >= 0.3 is 0 Å². The summed E-state index contributed by atoms with van der Waals surface area (Å²) >= 11 is 0. The second kappa shape index (κ2) is 16.3. The Kier molecular flexibility index (Phi) is 12.7. The lowest BCUT2D eigenvalue weighted by Crippen LogP contribution is -2.69. The quantitative estimate of drug-likeness (QED) is 0.140. The molecule has 0 amide bonds. The fourth-order valence-electron chi connectivity index (χ4n) is 13.9. The van der Waals surface area contributed by atoms with E-state index < -0.39 is 92.2 Å². The van der Waals surface area contributed by atoms with Crippen molar-refractivity contribution >= 4 is 0 Å². The molecule has 10 N–H and O–H groups in total. The van der Waals surface area contributed by atoms with Crippen molar-refractivity contribution in [2.75, 3.05) is 33.0 Å². The largest absolute Gasteiger partial charge is 0.396 e. The number of aliphatic hydroxyl groups excluding tert-OH is 10. The van der Waals surface area contributed by atoms with Crippen LogP contribution in [0.5, 0.6) is 0 Å². The van der Waals surface area contributed by atoms with Crippen LogP contribution in [-0.2, 0) is 23.7 Å². The fourth-order valence-corrected chi connectivity index (χ4v) is 13.9. The molecule has 15 heteroatoms. The van der Waals surface area contributed by atoms with Crippen LogP contribution in [0.15, 0.2) is 0 Å². The molecule has 22 atom stereocenters. The average Bonchev–Trinajstić information content (AvgIpc) is 3.20. The molecule has 4 aliphatic carbocycles. The first-order valence-corrected chi connectivity index (χ1v) is 21.6. The van der Waals surface area contributed by atoms with Gasteiger partial charge in [-0.25, -0.2) is 0 Å². The Morgan fingerprint density at radius 1 is 0.632 bits per heavy atom. The SMILES string of the molecule is CC(CO)C1CCC2(CCC3(C)C(CCC4C5(C)CCC(OC6OC(CO)C(O)C(O)C6OC6OC(CO)C(O)C(O)C6O)C(C)(CO)C5CCC43C)C2O)CO1. The third-order valence-electron chi connectivity index (χ3n) is 17.9. The molecule has 330 valence electrons. The lowest BCUT2D eigenvalue weighted by atomic mass is 9.33. The third-order valence-corrected chi connectivity index (χ3v) is 17.9. The Balaban J connectivity index is 1.10. The van der Waals surface area contributed by atoms with E-state index in [2.05, 4.69) is 20.8 Å². The molecule has 3 saturated heterocycles. The summed E-state index contributed by atoms with van der Waals surface area (Å²) in [5.41, 5.74) is -1.40. The molecule has 0 aromatic rings. The van der Waals surface area contributed by atoms with Crippen LogP contribution in [0.4, 0.5) is 0 Å². The van der Waals surface area contributed by atoms with Gasteiger partial charge in [-0.2, -0.15) is 0 Å². The molecule has 57 heavy (non-hydrogen) atoms. The van der Waals surface area contributed by atoms with Crippen molar-refractivity contribution in [1.29, 1.82) is 0 Å². The maximum absolute atomic E-state index is 12.3. The Bertz CT molecular complexity index is 1380. The molecule has 22 unspecified atom stereocenters. The van der Waals surface area contributed by atoms with Gasteiger partial charge in [-0.05, 0) is 98.2 Å². The summed E-state index contributed by atoms with van der Waals surface area (Å²) in [4.78, 5) is 0. The van der Waals surface area contributed by atoms with Gasteiger partial charge < -0.3 is 74.7 Å². The normalized spacial score (nSPS) is 56.1. The van der Waals surface area contributed by atoms with Gasteiger partial charge in [0.2, 0.25) is 0 Å². The van der Waals surface area contributed by atoms with Crippen LogP contribution in [0.1, 0.15) is 98.8 Å². The predicted molar refractivity (Wildman–Crippen MR) is 202 cm³/mol. The standard InChI is InChI=1S/C42H72O15/c1-21(16-43)23-8-13-42(20-53-23)15-14-40(4)22(35(42)52)6-7-27-38(2)11-10-28(39(3,19-46)26(38)9-12-41(27,40)5)56-37-34(32(50)30(48)25(18-45)55-37)57-36-33(51)31(49)29(47)24(17-44)54-36/h21-37,43-52H,6-20H2,1-5H3. The first-order chi connectivity index (χ1) is 26.9. The highest BCUT2D eigenvalue weighted by molar-refractivity contribution is 5.19. The second-order valence-electron chi connectivity index (χ2n) is 20.4. The molecule has 7 aliphatic rings.